The summed E-state index contributed by atoms with van der Waals surface area (Å²) in [4.78, 5) is 2.02. The highest BCUT2D eigenvalue weighted by Crippen LogP contribution is 2.35. The van der Waals surface area contributed by atoms with E-state index in [2.05, 4.69) is 34.7 Å². The molecule has 0 radical (unpaired) electrons. The third kappa shape index (κ3) is 5.60. The summed E-state index contributed by atoms with van der Waals surface area (Å²) in [6.45, 7) is 2.78. The first-order valence-corrected chi connectivity index (χ1v) is 9.66. The third-order valence-electron chi connectivity index (χ3n) is 4.10. The Morgan fingerprint density at radius 1 is 1.15 bits per heavy atom. The minimum Gasteiger partial charge on any atom is -0.508 e. The van der Waals surface area contributed by atoms with E-state index in [0.29, 0.717) is 6.54 Å². The number of aliphatic hydroxyl groups is 1. The standard InChI is InChI=1S/C22H26BrNO2/c1-4-5-8-21(26)18-14-17(7-6-13-24(2)3)22(20(23)15-18)16-9-11-19(25)12-10-16/h9-12,14-15,21,25-26H,4-5,8,13H2,1-3H3. The van der Waals surface area contributed by atoms with E-state index in [1.54, 1.807) is 12.1 Å². The van der Waals surface area contributed by atoms with E-state index in [1.165, 1.54) is 0 Å². The van der Waals surface area contributed by atoms with Gasteiger partial charge in [-0.1, -0.05) is 59.7 Å². The molecule has 138 valence electrons. The van der Waals surface area contributed by atoms with Crippen LogP contribution >= 0.6 is 15.9 Å². The van der Waals surface area contributed by atoms with Gasteiger partial charge in [-0.05, 0) is 55.9 Å². The molecule has 0 aliphatic carbocycles. The molecule has 4 heteroatoms. The summed E-state index contributed by atoms with van der Waals surface area (Å²) in [5.41, 5.74) is 3.69. The average molecular weight is 416 g/mol. The van der Waals surface area contributed by atoms with Gasteiger partial charge in [0, 0.05) is 15.6 Å². The van der Waals surface area contributed by atoms with Crippen molar-refractivity contribution in [2.75, 3.05) is 20.6 Å². The predicted octanol–water partition coefficient (Wildman–Crippen LogP) is 4.96. The van der Waals surface area contributed by atoms with E-state index in [9.17, 15) is 10.2 Å². The van der Waals surface area contributed by atoms with Crippen LogP contribution in [-0.4, -0.2) is 35.8 Å². The van der Waals surface area contributed by atoms with Crippen LogP contribution in [0.15, 0.2) is 40.9 Å². The molecule has 0 saturated carbocycles. The van der Waals surface area contributed by atoms with Crippen LogP contribution < -0.4 is 0 Å². The zero-order valence-electron chi connectivity index (χ0n) is 15.6. The first-order chi connectivity index (χ1) is 12.4. The van der Waals surface area contributed by atoms with E-state index >= 15 is 0 Å². The van der Waals surface area contributed by atoms with Gasteiger partial charge >= 0.3 is 0 Å². The monoisotopic (exact) mass is 415 g/mol. The topological polar surface area (TPSA) is 43.7 Å². The van der Waals surface area contributed by atoms with Gasteiger partial charge in [-0.25, -0.2) is 0 Å². The SMILES string of the molecule is CCCCC(O)c1cc(Br)c(-c2ccc(O)cc2)c(C#CCN(C)C)c1. The number of aromatic hydroxyl groups is 1. The molecule has 0 aliphatic rings. The Bertz CT molecular complexity index is 788. The van der Waals surface area contributed by atoms with Crippen LogP contribution in [0.25, 0.3) is 11.1 Å². The van der Waals surface area contributed by atoms with Crippen molar-refractivity contribution in [2.24, 2.45) is 0 Å². The summed E-state index contributed by atoms with van der Waals surface area (Å²) in [5, 5.41) is 20.1. The molecule has 2 aromatic carbocycles. The summed E-state index contributed by atoms with van der Waals surface area (Å²) in [6.07, 6.45) is 2.29. The largest absolute Gasteiger partial charge is 0.508 e. The second-order valence-corrected chi connectivity index (χ2v) is 7.52. The molecule has 2 N–H and O–H groups in total. The Hall–Kier alpha value is -1.80. The molecular formula is C22H26BrNO2. The van der Waals surface area contributed by atoms with E-state index < -0.39 is 6.10 Å². The Balaban J connectivity index is 2.50. The van der Waals surface area contributed by atoms with Gasteiger partial charge < -0.3 is 10.2 Å². The lowest BCUT2D eigenvalue weighted by Gasteiger charge is -2.15. The molecule has 0 aliphatic heterocycles. The third-order valence-corrected chi connectivity index (χ3v) is 4.73. The quantitative estimate of drug-likeness (QED) is 0.655. The van der Waals surface area contributed by atoms with Gasteiger partial charge in [-0.15, -0.1) is 0 Å². The van der Waals surface area contributed by atoms with E-state index in [-0.39, 0.29) is 5.75 Å². The number of aliphatic hydroxyl groups excluding tert-OH is 1. The predicted molar refractivity (Wildman–Crippen MR) is 111 cm³/mol. The number of phenolic OH excluding ortho intramolecular Hbond substituents is 1. The molecule has 2 rings (SSSR count). The number of nitrogens with zero attached hydrogens (tertiary/aromatic N) is 1. The number of rotatable bonds is 6. The van der Waals surface area contributed by atoms with Crippen LogP contribution in [0.4, 0.5) is 0 Å². The highest BCUT2D eigenvalue weighted by molar-refractivity contribution is 9.10. The Kier molecular flexibility index (Phi) is 7.71. The van der Waals surface area contributed by atoms with Gasteiger partial charge in [0.15, 0.2) is 0 Å². The molecule has 0 heterocycles. The summed E-state index contributed by atoms with van der Waals surface area (Å²) in [7, 11) is 3.97. The van der Waals surface area contributed by atoms with Crippen molar-refractivity contribution in [3.8, 4) is 28.7 Å². The van der Waals surface area contributed by atoms with Crippen molar-refractivity contribution >= 4 is 15.9 Å². The number of phenols is 1. The average Bonchev–Trinajstić information content (AvgIpc) is 2.60. The minimum atomic E-state index is -0.491. The maximum Gasteiger partial charge on any atom is 0.115 e. The normalized spacial score (nSPS) is 11.9. The smallest absolute Gasteiger partial charge is 0.115 e. The fourth-order valence-electron chi connectivity index (χ4n) is 2.70. The van der Waals surface area contributed by atoms with Crippen molar-refractivity contribution < 1.29 is 10.2 Å². The van der Waals surface area contributed by atoms with E-state index in [4.69, 9.17) is 0 Å². The lowest BCUT2D eigenvalue weighted by atomic mass is 9.94. The van der Waals surface area contributed by atoms with Crippen LogP contribution in [0.2, 0.25) is 0 Å². The van der Waals surface area contributed by atoms with Crippen molar-refractivity contribution in [1.82, 2.24) is 4.90 Å². The summed E-state index contributed by atoms with van der Waals surface area (Å²) in [5.74, 6) is 6.67. The maximum absolute atomic E-state index is 10.5. The van der Waals surface area contributed by atoms with Gasteiger partial charge in [-0.3, -0.25) is 4.90 Å². The highest BCUT2D eigenvalue weighted by atomic mass is 79.9. The van der Waals surface area contributed by atoms with Crippen LogP contribution in [0.5, 0.6) is 5.75 Å². The van der Waals surface area contributed by atoms with E-state index in [1.807, 2.05) is 43.3 Å². The first-order valence-electron chi connectivity index (χ1n) is 8.87. The maximum atomic E-state index is 10.5. The molecule has 2 aromatic rings. The fraction of sp³-hybridized carbons (Fsp3) is 0.364. The molecule has 0 aromatic heterocycles. The summed E-state index contributed by atoms with van der Waals surface area (Å²) < 4.78 is 0.894. The zero-order valence-corrected chi connectivity index (χ0v) is 17.2. The molecule has 26 heavy (non-hydrogen) atoms. The lowest BCUT2D eigenvalue weighted by Crippen LogP contribution is -2.10. The zero-order chi connectivity index (χ0) is 19.1. The number of hydrogen-bond acceptors (Lipinski definition) is 3. The second-order valence-electron chi connectivity index (χ2n) is 6.67. The van der Waals surface area contributed by atoms with Crippen molar-refractivity contribution in [1.29, 1.82) is 0 Å². The van der Waals surface area contributed by atoms with Crippen molar-refractivity contribution in [2.45, 2.75) is 32.3 Å². The van der Waals surface area contributed by atoms with Gasteiger partial charge in [0.05, 0.1) is 12.6 Å². The molecule has 0 bridgehead atoms. The number of hydrogen-bond donors (Lipinski definition) is 2. The second kappa shape index (κ2) is 9.78. The van der Waals surface area contributed by atoms with Crippen molar-refractivity contribution in [3.05, 3.63) is 52.0 Å². The van der Waals surface area contributed by atoms with Gasteiger partial charge in [0.25, 0.3) is 0 Å². The Labute approximate surface area is 164 Å². The molecule has 0 saturated heterocycles. The van der Waals surface area contributed by atoms with Crippen molar-refractivity contribution in [3.63, 3.8) is 0 Å². The molecule has 0 amide bonds. The molecular weight excluding hydrogens is 390 g/mol. The lowest BCUT2D eigenvalue weighted by molar-refractivity contribution is 0.164. The van der Waals surface area contributed by atoms with Gasteiger partial charge in [0.1, 0.15) is 5.75 Å². The number of unbranched alkanes of at least 4 members (excludes halogenated alkanes) is 1. The van der Waals surface area contributed by atoms with Crippen LogP contribution in [-0.2, 0) is 0 Å². The van der Waals surface area contributed by atoms with Crippen LogP contribution in [0.3, 0.4) is 0 Å². The van der Waals surface area contributed by atoms with Gasteiger partial charge in [-0.2, -0.15) is 0 Å². The Morgan fingerprint density at radius 2 is 1.85 bits per heavy atom. The Morgan fingerprint density at radius 3 is 2.46 bits per heavy atom. The molecule has 0 spiro atoms. The van der Waals surface area contributed by atoms with E-state index in [0.717, 1.165) is 46.0 Å². The summed E-state index contributed by atoms with van der Waals surface area (Å²) >= 11 is 3.66. The molecule has 0 fully saturated rings. The summed E-state index contributed by atoms with van der Waals surface area (Å²) in [6, 6.07) is 11.0. The molecule has 1 unspecified atom stereocenters. The molecule has 1 atom stereocenters. The number of halogens is 1. The number of benzene rings is 2. The first kappa shape index (κ1) is 20.5. The molecule has 3 nitrogen and oxygen atoms in total. The van der Waals surface area contributed by atoms with Crippen LogP contribution in [0, 0.1) is 11.8 Å². The van der Waals surface area contributed by atoms with Crippen LogP contribution in [0.1, 0.15) is 43.4 Å². The minimum absolute atomic E-state index is 0.233. The fourth-order valence-corrected chi connectivity index (χ4v) is 3.40. The highest BCUT2D eigenvalue weighted by Gasteiger charge is 2.15. The van der Waals surface area contributed by atoms with Gasteiger partial charge in [0.2, 0.25) is 0 Å².